The summed E-state index contributed by atoms with van der Waals surface area (Å²) in [6, 6.07) is 22.7. The predicted molar refractivity (Wildman–Crippen MR) is 134 cm³/mol. The second kappa shape index (κ2) is 8.69. The predicted octanol–water partition coefficient (Wildman–Crippen LogP) is 4.73. The zero-order valence-electron chi connectivity index (χ0n) is 19.3. The molecule has 1 saturated carbocycles. The Morgan fingerprint density at radius 3 is 2.14 bits per heavy atom. The van der Waals surface area contributed by atoms with Crippen LogP contribution in [0.25, 0.3) is 10.8 Å². The lowest BCUT2D eigenvalue weighted by molar-refractivity contribution is -0.143. The van der Waals surface area contributed by atoms with E-state index in [9.17, 15) is 14.4 Å². The van der Waals surface area contributed by atoms with Gasteiger partial charge < -0.3 is 10.6 Å². The minimum absolute atomic E-state index is 0.105. The van der Waals surface area contributed by atoms with E-state index >= 15 is 0 Å². The highest BCUT2D eigenvalue weighted by atomic mass is 16.2. The van der Waals surface area contributed by atoms with Crippen molar-refractivity contribution in [1.29, 1.82) is 0 Å². The van der Waals surface area contributed by atoms with Crippen molar-refractivity contribution in [3.63, 3.8) is 0 Å². The van der Waals surface area contributed by atoms with Crippen molar-refractivity contribution in [2.24, 2.45) is 23.7 Å². The van der Waals surface area contributed by atoms with Gasteiger partial charge in [-0.1, -0.05) is 78.9 Å². The summed E-state index contributed by atoms with van der Waals surface area (Å²) in [5.41, 5.74) is 1.62. The number of carbonyl (C=O) groups excluding carboxylic acids is 3. The van der Waals surface area contributed by atoms with Crippen molar-refractivity contribution in [1.82, 2.24) is 10.2 Å². The zero-order valence-corrected chi connectivity index (χ0v) is 19.3. The minimum atomic E-state index is -0.766. The Labute approximate surface area is 204 Å². The topological polar surface area (TPSA) is 78.5 Å². The van der Waals surface area contributed by atoms with Crippen molar-refractivity contribution >= 4 is 34.3 Å². The van der Waals surface area contributed by atoms with Gasteiger partial charge in [0.05, 0.1) is 17.5 Å². The lowest BCUT2D eigenvalue weighted by Crippen LogP contribution is -2.53. The van der Waals surface area contributed by atoms with Crippen LogP contribution in [0, 0.1) is 23.7 Å². The van der Waals surface area contributed by atoms with Crippen LogP contribution < -0.4 is 10.6 Å². The number of nitrogens with zero attached hydrogens (tertiary/aromatic N) is 1. The molecule has 0 unspecified atom stereocenters. The highest BCUT2D eigenvalue weighted by molar-refractivity contribution is 6.07. The molecule has 3 aliphatic carbocycles. The fourth-order valence-corrected chi connectivity index (χ4v) is 6.09. The third kappa shape index (κ3) is 3.79. The molecule has 4 amide bonds. The van der Waals surface area contributed by atoms with Gasteiger partial charge in [0.2, 0.25) is 11.8 Å². The van der Waals surface area contributed by atoms with E-state index in [4.69, 9.17) is 0 Å². The van der Waals surface area contributed by atoms with E-state index in [1.54, 1.807) is 0 Å². The maximum Gasteiger partial charge on any atom is 0.320 e. The first-order valence-corrected chi connectivity index (χ1v) is 12.2. The molecule has 176 valence electrons. The third-order valence-electron chi connectivity index (χ3n) is 7.71. The quantitative estimate of drug-likeness (QED) is 0.423. The molecule has 5 atom stereocenters. The summed E-state index contributed by atoms with van der Waals surface area (Å²) in [4.78, 5) is 41.7. The Hall–Kier alpha value is -3.93. The van der Waals surface area contributed by atoms with Gasteiger partial charge in [-0.2, -0.15) is 0 Å². The third-order valence-corrected chi connectivity index (χ3v) is 7.71. The zero-order chi connectivity index (χ0) is 23.9. The number of urea groups is 1. The molecule has 35 heavy (non-hydrogen) atoms. The van der Waals surface area contributed by atoms with Gasteiger partial charge in [-0.05, 0) is 41.7 Å². The Kier molecular flexibility index (Phi) is 5.36. The van der Waals surface area contributed by atoms with Crippen LogP contribution in [0.1, 0.15) is 18.4 Å². The van der Waals surface area contributed by atoms with Crippen molar-refractivity contribution in [2.75, 3.05) is 5.32 Å². The number of fused-ring (bicyclic) bond motifs is 2. The molecule has 2 bridgehead atoms. The average molecular weight is 466 g/mol. The number of rotatable bonds is 5. The Balaban J connectivity index is 1.28. The van der Waals surface area contributed by atoms with Crippen molar-refractivity contribution < 1.29 is 14.4 Å². The standard InChI is InChI=1S/C29H27N3O3/c33-27-25-20-13-14-21(16-15-20)26(25)28(34)32(27)24(17-18-7-2-1-3-8-18)31-29(35)30-23-12-6-10-19-9-4-5-11-22(19)23/h1-14,20-21,24-26H,15-17H2,(H2,30,31,35)/t20-,21-,24+,25-,26+/m0/s1. The summed E-state index contributed by atoms with van der Waals surface area (Å²) in [5, 5.41) is 7.83. The number of nitrogens with one attached hydrogen (secondary N) is 2. The molecule has 1 aliphatic heterocycles. The molecule has 3 aromatic rings. The van der Waals surface area contributed by atoms with Gasteiger partial charge in [-0.15, -0.1) is 0 Å². The van der Waals surface area contributed by atoms with Gasteiger partial charge in [0.25, 0.3) is 0 Å². The average Bonchev–Trinajstić information content (AvgIpc) is 3.17. The molecular weight excluding hydrogens is 438 g/mol. The fraction of sp³-hybridized carbons (Fsp3) is 0.276. The lowest BCUT2D eigenvalue weighted by Gasteiger charge is -2.38. The molecular formula is C29H27N3O3. The normalized spacial score (nSPS) is 25.5. The summed E-state index contributed by atoms with van der Waals surface area (Å²) >= 11 is 0. The van der Waals surface area contributed by atoms with Crippen LogP contribution in [0.3, 0.4) is 0 Å². The number of likely N-dealkylation sites (tertiary alicyclic amines) is 1. The van der Waals surface area contributed by atoms with Gasteiger partial charge in [0.15, 0.2) is 0 Å². The number of allylic oxidation sites excluding steroid dienone is 2. The largest absolute Gasteiger partial charge is 0.320 e. The van der Waals surface area contributed by atoms with Crippen molar-refractivity contribution in [3.05, 3.63) is 90.5 Å². The van der Waals surface area contributed by atoms with Gasteiger partial charge in [-0.25, -0.2) is 4.79 Å². The van der Waals surface area contributed by atoms with Crippen LogP contribution in [0.4, 0.5) is 10.5 Å². The molecule has 3 aromatic carbocycles. The Morgan fingerprint density at radius 2 is 1.46 bits per heavy atom. The lowest BCUT2D eigenvalue weighted by atomic mass is 9.63. The fourth-order valence-electron chi connectivity index (χ4n) is 6.09. The number of imide groups is 1. The second-order valence-electron chi connectivity index (χ2n) is 9.72. The van der Waals surface area contributed by atoms with Gasteiger partial charge in [0, 0.05) is 11.8 Å². The van der Waals surface area contributed by atoms with Crippen LogP contribution in [-0.2, 0) is 16.0 Å². The van der Waals surface area contributed by atoms with E-state index in [-0.39, 0.29) is 35.5 Å². The number of carbonyl (C=O) groups is 3. The summed E-state index contributed by atoms with van der Waals surface area (Å²) in [6.45, 7) is 0. The maximum absolute atomic E-state index is 13.6. The first-order chi connectivity index (χ1) is 17.1. The molecule has 2 fully saturated rings. The summed E-state index contributed by atoms with van der Waals surface area (Å²) in [5.74, 6) is -0.738. The first-order valence-electron chi connectivity index (χ1n) is 12.2. The number of benzene rings is 3. The van der Waals surface area contributed by atoms with Gasteiger partial charge in [-0.3, -0.25) is 14.5 Å². The molecule has 1 saturated heterocycles. The molecule has 2 N–H and O–H groups in total. The van der Waals surface area contributed by atoms with Crippen LogP contribution in [-0.4, -0.2) is 28.9 Å². The van der Waals surface area contributed by atoms with Crippen LogP contribution in [0.5, 0.6) is 0 Å². The highest BCUT2D eigenvalue weighted by Crippen LogP contribution is 2.50. The molecule has 6 nitrogen and oxygen atoms in total. The Bertz CT molecular complexity index is 1300. The van der Waals surface area contributed by atoms with Crippen LogP contribution in [0.15, 0.2) is 84.9 Å². The highest BCUT2D eigenvalue weighted by Gasteiger charge is 2.58. The molecule has 7 rings (SSSR count). The summed E-state index contributed by atoms with van der Waals surface area (Å²) in [7, 11) is 0. The van der Waals surface area contributed by atoms with Crippen molar-refractivity contribution in [2.45, 2.75) is 25.4 Å². The van der Waals surface area contributed by atoms with Gasteiger partial charge in [0.1, 0.15) is 6.17 Å². The van der Waals surface area contributed by atoms with E-state index < -0.39 is 12.2 Å². The van der Waals surface area contributed by atoms with Crippen molar-refractivity contribution in [3.8, 4) is 0 Å². The molecule has 4 aliphatic rings. The van der Waals surface area contributed by atoms with E-state index in [0.29, 0.717) is 12.1 Å². The maximum atomic E-state index is 13.6. The number of amides is 4. The smallest absolute Gasteiger partial charge is 0.317 e. The van der Waals surface area contributed by atoms with Gasteiger partial charge >= 0.3 is 6.03 Å². The number of hydrogen-bond donors (Lipinski definition) is 2. The molecule has 0 radical (unpaired) electrons. The van der Waals surface area contributed by atoms with E-state index in [2.05, 4.69) is 22.8 Å². The van der Waals surface area contributed by atoms with E-state index in [1.165, 1.54) is 4.90 Å². The minimum Gasteiger partial charge on any atom is -0.317 e. The van der Waals surface area contributed by atoms with Crippen LogP contribution >= 0.6 is 0 Å². The number of anilines is 1. The first kappa shape index (κ1) is 21.6. The van der Waals surface area contributed by atoms with Crippen LogP contribution in [0.2, 0.25) is 0 Å². The van der Waals surface area contributed by atoms with E-state index in [0.717, 1.165) is 29.2 Å². The summed E-state index contributed by atoms with van der Waals surface area (Å²) in [6.07, 6.45) is 5.68. The molecule has 0 spiro atoms. The summed E-state index contributed by atoms with van der Waals surface area (Å²) < 4.78 is 0. The Morgan fingerprint density at radius 1 is 0.829 bits per heavy atom. The molecule has 1 heterocycles. The van der Waals surface area contributed by atoms with E-state index in [1.807, 2.05) is 72.8 Å². The molecule has 0 aromatic heterocycles. The molecule has 6 heteroatoms. The SMILES string of the molecule is O=C(Nc1cccc2ccccc12)N[C@@H](Cc1ccccc1)N1C(=O)[C@@H]2[C@H](C1=O)[C@H]1C=C[C@H]2CC1. The second-order valence-corrected chi connectivity index (χ2v) is 9.72. The number of hydrogen-bond acceptors (Lipinski definition) is 3. The monoisotopic (exact) mass is 465 g/mol.